The molecule has 1 atom stereocenters. The van der Waals surface area contributed by atoms with Gasteiger partial charge in [0, 0.05) is 38.6 Å². The molecule has 0 amide bonds. The minimum atomic E-state index is -4.37. The van der Waals surface area contributed by atoms with Gasteiger partial charge < -0.3 is 5.32 Å². The van der Waals surface area contributed by atoms with Crippen molar-refractivity contribution in [3.63, 3.8) is 0 Å². The van der Waals surface area contributed by atoms with E-state index in [1.807, 2.05) is 0 Å². The Morgan fingerprint density at radius 2 is 1.37 bits per heavy atom. The molecule has 27 heavy (non-hydrogen) atoms. The molecular formula is C20H21F5N2. The van der Waals surface area contributed by atoms with Crippen LogP contribution >= 0.6 is 0 Å². The van der Waals surface area contributed by atoms with Gasteiger partial charge in [0.1, 0.15) is 0 Å². The number of halogens is 5. The van der Waals surface area contributed by atoms with Crippen LogP contribution in [0, 0.1) is 0 Å². The summed E-state index contributed by atoms with van der Waals surface area (Å²) < 4.78 is 64.2. The van der Waals surface area contributed by atoms with Crippen LogP contribution in [0.1, 0.15) is 23.6 Å². The fraction of sp³-hybridized carbons (Fsp3) is 0.400. The zero-order chi connectivity index (χ0) is 19.4. The van der Waals surface area contributed by atoms with Gasteiger partial charge in [-0.15, -0.1) is 0 Å². The smallest absolute Gasteiger partial charge is 0.314 e. The summed E-state index contributed by atoms with van der Waals surface area (Å²) in [5, 5.41) is 3.21. The third-order valence-electron chi connectivity index (χ3n) is 4.83. The lowest BCUT2D eigenvalue weighted by molar-refractivity contribution is -0.137. The van der Waals surface area contributed by atoms with E-state index in [2.05, 4.69) is 10.2 Å². The molecule has 1 heterocycles. The van der Waals surface area contributed by atoms with Crippen molar-refractivity contribution < 1.29 is 22.0 Å². The van der Waals surface area contributed by atoms with E-state index in [1.54, 1.807) is 24.3 Å². The molecule has 2 aromatic rings. The molecule has 0 aromatic heterocycles. The lowest BCUT2D eigenvalue weighted by atomic mass is 9.97. The highest BCUT2D eigenvalue weighted by Crippen LogP contribution is 2.32. The van der Waals surface area contributed by atoms with Gasteiger partial charge in [-0.05, 0) is 28.8 Å². The summed E-state index contributed by atoms with van der Waals surface area (Å²) in [4.78, 5) is 2.05. The average molecular weight is 384 g/mol. The van der Waals surface area contributed by atoms with E-state index in [0.29, 0.717) is 18.7 Å². The predicted octanol–water partition coefficient (Wildman–Crippen LogP) is 4.97. The Balaban J connectivity index is 1.79. The van der Waals surface area contributed by atoms with Gasteiger partial charge >= 0.3 is 6.18 Å². The van der Waals surface area contributed by atoms with Crippen LogP contribution in [-0.4, -0.2) is 37.5 Å². The van der Waals surface area contributed by atoms with Crippen molar-refractivity contribution in [1.82, 2.24) is 10.2 Å². The van der Waals surface area contributed by atoms with Gasteiger partial charge in [0.25, 0.3) is 0 Å². The minimum absolute atomic E-state index is 0.236. The lowest BCUT2D eigenvalue weighted by Gasteiger charge is -2.35. The standard InChI is InChI=1S/C20H21F5N2/c21-19(22)13-18(27-11-9-26-10-12-27)16-3-1-14(2-4-16)15-5-7-17(8-6-15)20(23,24)25/h1-8,18-19,26H,9-13H2/t18-/m0/s1. The Kier molecular flexibility index (Phi) is 6.11. The Bertz CT molecular complexity index is 720. The summed E-state index contributed by atoms with van der Waals surface area (Å²) in [5.74, 6) is 0. The largest absolute Gasteiger partial charge is 0.416 e. The summed E-state index contributed by atoms with van der Waals surface area (Å²) in [6, 6.07) is 11.7. The lowest BCUT2D eigenvalue weighted by Crippen LogP contribution is -2.45. The molecule has 0 spiro atoms. The van der Waals surface area contributed by atoms with E-state index < -0.39 is 18.2 Å². The van der Waals surface area contributed by atoms with Crippen molar-refractivity contribution in [2.45, 2.75) is 25.1 Å². The normalized spacial score (nSPS) is 17.3. The Morgan fingerprint density at radius 1 is 0.852 bits per heavy atom. The number of piperazine rings is 1. The minimum Gasteiger partial charge on any atom is -0.314 e. The number of alkyl halides is 5. The van der Waals surface area contributed by atoms with Gasteiger partial charge in [-0.1, -0.05) is 36.4 Å². The van der Waals surface area contributed by atoms with E-state index >= 15 is 0 Å². The fourth-order valence-corrected chi connectivity index (χ4v) is 3.41. The van der Waals surface area contributed by atoms with E-state index in [-0.39, 0.29) is 12.5 Å². The van der Waals surface area contributed by atoms with Crippen LogP contribution in [0.25, 0.3) is 11.1 Å². The fourth-order valence-electron chi connectivity index (χ4n) is 3.41. The molecule has 1 aliphatic heterocycles. The molecule has 0 unspecified atom stereocenters. The monoisotopic (exact) mass is 384 g/mol. The average Bonchev–Trinajstić information content (AvgIpc) is 2.66. The molecule has 0 radical (unpaired) electrons. The van der Waals surface area contributed by atoms with Gasteiger partial charge in [-0.3, -0.25) is 4.90 Å². The molecule has 1 N–H and O–H groups in total. The second kappa shape index (κ2) is 8.35. The van der Waals surface area contributed by atoms with Crippen molar-refractivity contribution in [3.05, 3.63) is 59.7 Å². The first kappa shape index (κ1) is 19.8. The summed E-state index contributed by atoms with van der Waals surface area (Å²) in [7, 11) is 0. The topological polar surface area (TPSA) is 15.3 Å². The molecule has 3 rings (SSSR count). The molecule has 2 aromatic carbocycles. The van der Waals surface area contributed by atoms with Crippen LogP contribution < -0.4 is 5.32 Å². The molecule has 1 saturated heterocycles. The molecule has 1 fully saturated rings. The molecule has 0 saturated carbocycles. The third-order valence-corrected chi connectivity index (χ3v) is 4.83. The second-order valence-corrected chi connectivity index (χ2v) is 6.63. The van der Waals surface area contributed by atoms with Gasteiger partial charge in [0.15, 0.2) is 0 Å². The molecule has 7 heteroatoms. The van der Waals surface area contributed by atoms with Crippen molar-refractivity contribution in [1.29, 1.82) is 0 Å². The third kappa shape index (κ3) is 5.05. The number of rotatable bonds is 5. The highest BCUT2D eigenvalue weighted by Gasteiger charge is 2.30. The first-order chi connectivity index (χ1) is 12.8. The van der Waals surface area contributed by atoms with Gasteiger partial charge in [0.2, 0.25) is 6.43 Å². The van der Waals surface area contributed by atoms with Crippen LogP contribution in [0.5, 0.6) is 0 Å². The van der Waals surface area contributed by atoms with E-state index in [1.165, 1.54) is 12.1 Å². The maximum Gasteiger partial charge on any atom is 0.416 e. The maximum atomic E-state index is 13.1. The van der Waals surface area contributed by atoms with E-state index in [4.69, 9.17) is 0 Å². The summed E-state index contributed by atoms with van der Waals surface area (Å²) in [6.45, 7) is 2.95. The highest BCUT2D eigenvalue weighted by molar-refractivity contribution is 5.64. The quantitative estimate of drug-likeness (QED) is 0.732. The number of hydrogen-bond donors (Lipinski definition) is 1. The Hall–Kier alpha value is -1.99. The number of nitrogens with zero attached hydrogens (tertiary/aromatic N) is 1. The highest BCUT2D eigenvalue weighted by atomic mass is 19.4. The maximum absolute atomic E-state index is 13.1. The van der Waals surface area contributed by atoms with Crippen molar-refractivity contribution in [2.75, 3.05) is 26.2 Å². The SMILES string of the molecule is FC(F)C[C@@H](c1ccc(-c2ccc(C(F)(F)F)cc2)cc1)N1CCNCC1. The number of hydrogen-bond acceptors (Lipinski definition) is 2. The molecule has 146 valence electrons. The van der Waals surface area contributed by atoms with Crippen LogP contribution in [0.3, 0.4) is 0 Å². The van der Waals surface area contributed by atoms with Crippen molar-refractivity contribution >= 4 is 0 Å². The first-order valence-corrected chi connectivity index (χ1v) is 8.85. The summed E-state index contributed by atoms with van der Waals surface area (Å²) >= 11 is 0. The molecule has 0 bridgehead atoms. The van der Waals surface area contributed by atoms with Crippen LogP contribution in [-0.2, 0) is 6.18 Å². The van der Waals surface area contributed by atoms with Crippen LogP contribution in [0.15, 0.2) is 48.5 Å². The van der Waals surface area contributed by atoms with Crippen molar-refractivity contribution in [2.24, 2.45) is 0 Å². The predicted molar refractivity (Wildman–Crippen MR) is 94.7 cm³/mol. The zero-order valence-electron chi connectivity index (χ0n) is 14.6. The first-order valence-electron chi connectivity index (χ1n) is 8.85. The van der Waals surface area contributed by atoms with Gasteiger partial charge in [-0.25, -0.2) is 8.78 Å². The van der Waals surface area contributed by atoms with E-state index in [0.717, 1.165) is 36.3 Å². The number of nitrogens with one attached hydrogen (secondary N) is 1. The zero-order valence-corrected chi connectivity index (χ0v) is 14.6. The number of benzene rings is 2. The Labute approximate surface area is 155 Å². The summed E-state index contributed by atoms with van der Waals surface area (Å²) in [5.41, 5.74) is 1.51. The van der Waals surface area contributed by atoms with E-state index in [9.17, 15) is 22.0 Å². The molecule has 2 nitrogen and oxygen atoms in total. The second-order valence-electron chi connectivity index (χ2n) is 6.63. The molecule has 0 aliphatic carbocycles. The summed E-state index contributed by atoms with van der Waals surface area (Å²) in [6.07, 6.45) is -7.01. The molecule has 1 aliphatic rings. The molecular weight excluding hydrogens is 363 g/mol. The van der Waals surface area contributed by atoms with Gasteiger partial charge in [0.05, 0.1) is 5.56 Å². The van der Waals surface area contributed by atoms with Crippen molar-refractivity contribution in [3.8, 4) is 11.1 Å². The van der Waals surface area contributed by atoms with Crippen LogP contribution in [0.4, 0.5) is 22.0 Å². The van der Waals surface area contributed by atoms with Gasteiger partial charge in [-0.2, -0.15) is 13.2 Å². The Morgan fingerprint density at radius 3 is 1.85 bits per heavy atom. The van der Waals surface area contributed by atoms with Crippen LogP contribution in [0.2, 0.25) is 0 Å².